The van der Waals surface area contributed by atoms with Crippen LogP contribution in [0.1, 0.15) is 43.5 Å². The highest BCUT2D eigenvalue weighted by atomic mass is 79.9. The number of nitrogens with zero attached hydrogens (tertiary/aromatic N) is 1. The number of ether oxygens (including phenoxy) is 2. The number of piperidine rings is 1. The van der Waals surface area contributed by atoms with Crippen molar-refractivity contribution in [3.05, 3.63) is 22.2 Å². The lowest BCUT2D eigenvalue weighted by molar-refractivity contribution is 0.0635. The third-order valence-electron chi connectivity index (χ3n) is 3.83. The summed E-state index contributed by atoms with van der Waals surface area (Å²) in [4.78, 5) is 14.7. The Kier molecular flexibility index (Phi) is 5.51. The average Bonchev–Trinajstić information content (AvgIpc) is 2.49. The molecule has 1 atom stereocenters. The van der Waals surface area contributed by atoms with Gasteiger partial charge in [-0.15, -0.1) is 0 Å². The van der Waals surface area contributed by atoms with Gasteiger partial charge < -0.3 is 14.4 Å². The number of carbonyl (C=O) groups is 1. The second-order valence-electron chi connectivity index (χ2n) is 5.27. The third kappa shape index (κ3) is 3.51. The highest BCUT2D eigenvalue weighted by Gasteiger charge is 2.25. The molecule has 1 aromatic rings. The van der Waals surface area contributed by atoms with Crippen LogP contribution < -0.4 is 9.47 Å². The number of benzene rings is 1. The molecule has 0 saturated carbocycles. The Morgan fingerprint density at radius 2 is 2.19 bits per heavy atom. The Morgan fingerprint density at radius 3 is 2.81 bits per heavy atom. The number of rotatable bonds is 4. The normalized spacial score (nSPS) is 18.5. The number of halogens is 1. The van der Waals surface area contributed by atoms with Crippen molar-refractivity contribution in [3.8, 4) is 11.5 Å². The first-order valence-electron chi connectivity index (χ1n) is 7.39. The van der Waals surface area contributed by atoms with Crippen molar-refractivity contribution in [1.29, 1.82) is 0 Å². The number of likely N-dealkylation sites (tertiary alicyclic amines) is 1. The molecule has 2 rings (SSSR count). The van der Waals surface area contributed by atoms with Crippen LogP contribution in [0, 0.1) is 0 Å². The van der Waals surface area contributed by atoms with E-state index in [-0.39, 0.29) is 5.91 Å². The van der Waals surface area contributed by atoms with Crippen LogP contribution in [0.15, 0.2) is 16.6 Å². The molecule has 0 N–H and O–H groups in total. The van der Waals surface area contributed by atoms with E-state index in [0.29, 0.717) is 29.7 Å². The molecule has 1 amide bonds. The SMILES string of the molecule is CCOc1c(Br)cc(C(=O)N2CCCC[C@@H]2C)cc1OC. The lowest BCUT2D eigenvalue weighted by Gasteiger charge is -2.33. The predicted molar refractivity (Wildman–Crippen MR) is 86.2 cm³/mol. The topological polar surface area (TPSA) is 38.8 Å². The number of amides is 1. The largest absolute Gasteiger partial charge is 0.493 e. The van der Waals surface area contributed by atoms with E-state index in [1.807, 2.05) is 17.9 Å². The van der Waals surface area contributed by atoms with E-state index in [2.05, 4.69) is 22.9 Å². The lowest BCUT2D eigenvalue weighted by Crippen LogP contribution is -2.42. The molecule has 1 aromatic carbocycles. The van der Waals surface area contributed by atoms with Gasteiger partial charge in [-0.05, 0) is 61.2 Å². The van der Waals surface area contributed by atoms with Crippen molar-refractivity contribution < 1.29 is 14.3 Å². The van der Waals surface area contributed by atoms with Crippen LogP contribution in [0.5, 0.6) is 11.5 Å². The maximum Gasteiger partial charge on any atom is 0.254 e. The van der Waals surface area contributed by atoms with E-state index in [4.69, 9.17) is 9.47 Å². The standard InChI is InChI=1S/C16H22BrNO3/c1-4-21-15-13(17)9-12(10-14(15)20-3)16(19)18-8-6-5-7-11(18)2/h9-11H,4-8H2,1-3H3/t11-/m0/s1. The summed E-state index contributed by atoms with van der Waals surface area (Å²) in [5.41, 5.74) is 0.635. The first kappa shape index (κ1) is 16.1. The van der Waals surface area contributed by atoms with Crippen LogP contribution in [0.4, 0.5) is 0 Å². The van der Waals surface area contributed by atoms with E-state index in [1.54, 1.807) is 13.2 Å². The van der Waals surface area contributed by atoms with Crippen LogP contribution >= 0.6 is 15.9 Å². The van der Waals surface area contributed by atoms with Gasteiger partial charge in [-0.1, -0.05) is 0 Å². The molecule has 4 nitrogen and oxygen atoms in total. The Bertz CT molecular complexity index is 518. The minimum atomic E-state index is 0.0595. The van der Waals surface area contributed by atoms with Crippen LogP contribution in [0.3, 0.4) is 0 Å². The molecule has 5 heteroatoms. The van der Waals surface area contributed by atoms with E-state index in [1.165, 1.54) is 6.42 Å². The van der Waals surface area contributed by atoms with Crippen molar-refractivity contribution in [1.82, 2.24) is 4.90 Å². The fraction of sp³-hybridized carbons (Fsp3) is 0.562. The molecule has 1 aliphatic heterocycles. The minimum Gasteiger partial charge on any atom is -0.493 e. The van der Waals surface area contributed by atoms with Gasteiger partial charge in [-0.2, -0.15) is 0 Å². The summed E-state index contributed by atoms with van der Waals surface area (Å²) in [6.07, 6.45) is 3.34. The maximum absolute atomic E-state index is 12.7. The quantitative estimate of drug-likeness (QED) is 0.822. The Balaban J connectivity index is 2.31. The molecule has 0 aliphatic carbocycles. The predicted octanol–water partition coefficient (Wildman–Crippen LogP) is 3.87. The smallest absolute Gasteiger partial charge is 0.254 e. The third-order valence-corrected chi connectivity index (χ3v) is 4.42. The first-order valence-corrected chi connectivity index (χ1v) is 8.19. The molecule has 21 heavy (non-hydrogen) atoms. The zero-order valence-electron chi connectivity index (χ0n) is 12.8. The number of hydrogen-bond acceptors (Lipinski definition) is 3. The van der Waals surface area contributed by atoms with Crippen molar-refractivity contribution in [2.45, 2.75) is 39.2 Å². The fourth-order valence-electron chi connectivity index (χ4n) is 2.69. The molecule has 1 heterocycles. The van der Waals surface area contributed by atoms with Gasteiger partial charge in [0.2, 0.25) is 0 Å². The average molecular weight is 356 g/mol. The molecule has 0 radical (unpaired) electrons. The van der Waals surface area contributed by atoms with Gasteiger partial charge in [0, 0.05) is 18.2 Å². The van der Waals surface area contributed by atoms with Gasteiger partial charge in [-0.3, -0.25) is 4.79 Å². The number of hydrogen-bond donors (Lipinski definition) is 0. The second-order valence-corrected chi connectivity index (χ2v) is 6.12. The van der Waals surface area contributed by atoms with Crippen LogP contribution in [0.2, 0.25) is 0 Å². The van der Waals surface area contributed by atoms with Gasteiger partial charge in [0.25, 0.3) is 5.91 Å². The number of methoxy groups -OCH3 is 1. The Morgan fingerprint density at radius 1 is 1.43 bits per heavy atom. The highest BCUT2D eigenvalue weighted by molar-refractivity contribution is 9.10. The minimum absolute atomic E-state index is 0.0595. The number of carbonyl (C=O) groups excluding carboxylic acids is 1. The molecule has 0 bridgehead atoms. The molecule has 1 fully saturated rings. The zero-order valence-corrected chi connectivity index (χ0v) is 14.4. The van der Waals surface area contributed by atoms with Crippen LogP contribution in [0.25, 0.3) is 0 Å². The van der Waals surface area contributed by atoms with Crippen LogP contribution in [-0.2, 0) is 0 Å². The summed E-state index contributed by atoms with van der Waals surface area (Å²) in [5.74, 6) is 1.28. The van der Waals surface area contributed by atoms with E-state index >= 15 is 0 Å². The highest BCUT2D eigenvalue weighted by Crippen LogP contribution is 2.37. The van der Waals surface area contributed by atoms with Crippen molar-refractivity contribution >= 4 is 21.8 Å². The molecule has 116 valence electrons. The monoisotopic (exact) mass is 355 g/mol. The van der Waals surface area contributed by atoms with E-state index in [0.717, 1.165) is 23.9 Å². The van der Waals surface area contributed by atoms with Gasteiger partial charge in [-0.25, -0.2) is 0 Å². The molecular weight excluding hydrogens is 334 g/mol. The summed E-state index contributed by atoms with van der Waals surface area (Å²) in [7, 11) is 1.59. The maximum atomic E-state index is 12.7. The van der Waals surface area contributed by atoms with Gasteiger partial charge in [0.05, 0.1) is 18.2 Å². The molecule has 0 aromatic heterocycles. The van der Waals surface area contributed by atoms with Crippen molar-refractivity contribution in [3.63, 3.8) is 0 Å². The van der Waals surface area contributed by atoms with E-state index in [9.17, 15) is 4.79 Å². The zero-order chi connectivity index (χ0) is 15.4. The first-order chi connectivity index (χ1) is 10.1. The second kappa shape index (κ2) is 7.16. The fourth-order valence-corrected chi connectivity index (χ4v) is 3.25. The molecule has 0 spiro atoms. The molecule has 1 saturated heterocycles. The molecular formula is C16H22BrNO3. The van der Waals surface area contributed by atoms with Gasteiger partial charge in [0.1, 0.15) is 0 Å². The van der Waals surface area contributed by atoms with E-state index < -0.39 is 0 Å². The summed E-state index contributed by atoms with van der Waals surface area (Å²) in [5, 5.41) is 0. The summed E-state index contributed by atoms with van der Waals surface area (Å²) < 4.78 is 11.7. The van der Waals surface area contributed by atoms with Crippen molar-refractivity contribution in [2.24, 2.45) is 0 Å². The van der Waals surface area contributed by atoms with Gasteiger partial charge in [0.15, 0.2) is 11.5 Å². The molecule has 0 unspecified atom stereocenters. The van der Waals surface area contributed by atoms with Crippen LogP contribution in [-0.4, -0.2) is 37.1 Å². The van der Waals surface area contributed by atoms with Gasteiger partial charge >= 0.3 is 0 Å². The summed E-state index contributed by atoms with van der Waals surface area (Å²) >= 11 is 3.47. The summed E-state index contributed by atoms with van der Waals surface area (Å²) in [6.45, 7) is 5.40. The molecule has 1 aliphatic rings. The Hall–Kier alpha value is -1.23. The lowest BCUT2D eigenvalue weighted by atomic mass is 10.0. The summed E-state index contributed by atoms with van der Waals surface area (Å²) in [6, 6.07) is 3.87. The van der Waals surface area contributed by atoms with Crippen molar-refractivity contribution in [2.75, 3.05) is 20.3 Å². The Labute approximate surface area is 134 Å².